The molecule has 0 saturated carbocycles. The van der Waals surface area contributed by atoms with E-state index >= 15 is 0 Å². The van der Waals surface area contributed by atoms with E-state index in [0.717, 1.165) is 23.0 Å². The molecule has 5 aromatic carbocycles. The second kappa shape index (κ2) is 66.5. The highest BCUT2D eigenvalue weighted by Gasteiger charge is 1.94. The number of halogens is 7. The van der Waals surface area contributed by atoms with Crippen LogP contribution in [-0.2, 0) is 71.0 Å². The molecule has 0 aliphatic heterocycles. The Bertz CT molecular complexity index is 1820. The van der Waals surface area contributed by atoms with E-state index in [1.807, 2.05) is 152 Å². The molecule has 0 aromatic heterocycles. The van der Waals surface area contributed by atoms with Crippen LogP contribution in [0, 0.1) is 0 Å². The molecular formula is C56H75F6IO12. The number of hydrogen-bond donors (Lipinski definition) is 2. The Labute approximate surface area is 453 Å². The van der Waals surface area contributed by atoms with Gasteiger partial charge in [0.05, 0.1) is 72.7 Å². The first-order chi connectivity index (χ1) is 36.5. The van der Waals surface area contributed by atoms with Gasteiger partial charge in [0, 0.05) is 19.6 Å². The van der Waals surface area contributed by atoms with Gasteiger partial charge in [-0.3, -0.25) is 0 Å². The van der Waals surface area contributed by atoms with Crippen molar-refractivity contribution < 1.29 is 84.1 Å². The molecule has 2 N–H and O–H groups in total. The molecule has 75 heavy (non-hydrogen) atoms. The van der Waals surface area contributed by atoms with Crippen LogP contribution in [0.5, 0.6) is 0 Å². The van der Waals surface area contributed by atoms with E-state index in [4.69, 9.17) is 43.5 Å². The van der Waals surface area contributed by atoms with Crippen molar-refractivity contribution in [1.82, 2.24) is 0 Å². The molecule has 0 atom stereocenters. The summed E-state index contributed by atoms with van der Waals surface area (Å²) in [5.41, 5.74) is 5.69. The number of carbonyl (C=O) groups is 3. The summed E-state index contributed by atoms with van der Waals surface area (Å²) in [5, 5.41) is 15.4. The zero-order valence-corrected chi connectivity index (χ0v) is 45.0. The molecule has 0 fully saturated rings. The van der Waals surface area contributed by atoms with Crippen LogP contribution in [0.3, 0.4) is 0 Å². The quantitative estimate of drug-likeness (QED) is 0.0115. The third-order valence-corrected chi connectivity index (χ3v) is 7.58. The van der Waals surface area contributed by atoms with E-state index in [1.54, 1.807) is 28.7 Å². The molecule has 0 radical (unpaired) electrons. The van der Waals surface area contributed by atoms with Crippen LogP contribution in [-0.4, -0.2) is 107 Å². The number of rotatable bonds is 24. The molecule has 12 nitrogen and oxygen atoms in total. The summed E-state index contributed by atoms with van der Waals surface area (Å²) in [6, 6.07) is 49.5. The van der Waals surface area contributed by atoms with Crippen molar-refractivity contribution in [3.8, 4) is 0 Å². The lowest BCUT2D eigenvalue weighted by Crippen LogP contribution is -1.97. The van der Waals surface area contributed by atoms with Gasteiger partial charge >= 0.3 is 12.4 Å². The fraction of sp³-hybridized carbons (Fsp3) is 0.375. The van der Waals surface area contributed by atoms with Gasteiger partial charge in [0.2, 0.25) is 0 Å². The predicted octanol–water partition coefficient (Wildman–Crippen LogP) is 13.6. The SMILES string of the molecule is C=CCOCc1ccccc1.CCOC(=O)F.CCOC(=O)F.FCCOCc1ccccc1.FCCOCc1ccccc1.FCI.O=CCCOCc1ccccc1.OCCCOCc1ccccc1.OCF. The van der Waals surface area contributed by atoms with E-state index in [-0.39, 0.29) is 37.7 Å². The van der Waals surface area contributed by atoms with E-state index < -0.39 is 32.7 Å². The molecule has 19 heteroatoms. The first-order valence-electron chi connectivity index (χ1n) is 23.3. The first kappa shape index (κ1) is 76.0. The Hall–Kier alpha value is -5.52. The van der Waals surface area contributed by atoms with Crippen molar-refractivity contribution >= 4 is 41.3 Å². The number of aliphatic hydroxyl groups excluding tert-OH is 2. The molecule has 0 bridgehead atoms. The van der Waals surface area contributed by atoms with Crippen LogP contribution in [0.15, 0.2) is 164 Å². The lowest BCUT2D eigenvalue weighted by atomic mass is 10.2. The van der Waals surface area contributed by atoms with E-state index in [2.05, 4.69) is 16.1 Å². The molecule has 0 heterocycles. The third kappa shape index (κ3) is 66.5. The monoisotopic (exact) mass is 1180 g/mol. The van der Waals surface area contributed by atoms with Gasteiger partial charge in [-0.05, 0) is 70.7 Å². The van der Waals surface area contributed by atoms with Gasteiger partial charge in [-0.1, -0.05) is 158 Å². The summed E-state index contributed by atoms with van der Waals surface area (Å²) in [5.74, 6) is 0. The highest BCUT2D eigenvalue weighted by molar-refractivity contribution is 14.1. The normalized spacial score (nSPS) is 9.16. The number of hydrogen-bond acceptors (Lipinski definition) is 12. The summed E-state index contributed by atoms with van der Waals surface area (Å²) in [6.45, 7) is 10.0. The average molecular weight is 1180 g/mol. The van der Waals surface area contributed by atoms with Crippen molar-refractivity contribution in [1.29, 1.82) is 0 Å². The average Bonchev–Trinajstić information content (AvgIpc) is 3.42. The number of alkyl halides is 5. The number of carbonyl (C=O) groups excluding carboxylic acids is 3. The van der Waals surface area contributed by atoms with Crippen LogP contribution < -0.4 is 0 Å². The van der Waals surface area contributed by atoms with E-state index in [9.17, 15) is 31.1 Å². The van der Waals surface area contributed by atoms with Gasteiger partial charge in [0.1, 0.15) is 24.3 Å². The maximum Gasteiger partial charge on any atom is 0.495 e. The molecule has 0 aliphatic carbocycles. The smallest absolute Gasteiger partial charge is 0.441 e. The maximum absolute atomic E-state index is 11.6. The molecule has 5 rings (SSSR count). The Morgan fingerprint density at radius 3 is 0.987 bits per heavy atom. The van der Waals surface area contributed by atoms with Crippen molar-refractivity contribution in [2.45, 2.75) is 59.7 Å². The fourth-order valence-electron chi connectivity index (χ4n) is 4.53. The summed E-state index contributed by atoms with van der Waals surface area (Å²) >= 11 is 1.62. The standard InChI is InChI=1S/C10H14O2.C10H12O2.C10H12O.2C9H11FO.2C3H5FO2.CH2FI.CH3FO/c2*11-7-4-8-12-9-10-5-2-1-3-6-10;1-2-8-11-9-10-6-4-3-5-7-10;2*10-6-7-11-8-9-4-2-1-3-5-9;2*1-2-6-3(4)5;2*2-1-3/h1-3,5-6,11H,4,7-9H2;1-3,5-7H,4,8-9H2;2-7H,1,8-9H2;2*1-5H,6-8H2;2*2H2,1H3;1H2;3H,1H2. The molecule has 5 aromatic rings. The fourth-order valence-corrected chi connectivity index (χ4v) is 4.53. The Morgan fingerprint density at radius 1 is 0.507 bits per heavy atom. The van der Waals surface area contributed by atoms with E-state index in [1.165, 1.54) is 25.0 Å². The third-order valence-electron chi connectivity index (χ3n) is 7.58. The maximum atomic E-state index is 11.6. The molecule has 0 spiro atoms. The van der Waals surface area contributed by atoms with E-state index in [0.29, 0.717) is 65.7 Å². The number of ether oxygens (including phenoxy) is 7. The Morgan fingerprint density at radius 2 is 0.773 bits per heavy atom. The second-order valence-corrected chi connectivity index (χ2v) is 14.0. The molecular weight excluding hydrogens is 1110 g/mol. The first-order valence-corrected chi connectivity index (χ1v) is 24.8. The summed E-state index contributed by atoms with van der Waals surface area (Å²) in [6.07, 6.45) is 0.392. The van der Waals surface area contributed by atoms with Crippen LogP contribution >= 0.6 is 22.6 Å². The Balaban J connectivity index is -0.000000389. The summed E-state index contributed by atoms with van der Waals surface area (Å²) in [4.78, 5) is 28.2. The minimum atomic E-state index is -1.71. The second-order valence-electron chi connectivity index (χ2n) is 13.4. The zero-order chi connectivity index (χ0) is 56.5. The predicted molar refractivity (Wildman–Crippen MR) is 289 cm³/mol. The van der Waals surface area contributed by atoms with Crippen LogP contribution in [0.2, 0.25) is 0 Å². The number of aldehydes is 1. The van der Waals surface area contributed by atoms with Gasteiger partial charge in [-0.2, -0.15) is 0 Å². The van der Waals surface area contributed by atoms with Gasteiger partial charge in [0.25, 0.3) is 0 Å². The van der Waals surface area contributed by atoms with Gasteiger partial charge in [-0.25, -0.2) is 27.2 Å². The van der Waals surface area contributed by atoms with Crippen LogP contribution in [0.4, 0.5) is 35.9 Å². The molecule has 420 valence electrons. The highest BCUT2D eigenvalue weighted by atomic mass is 127. The number of aliphatic hydroxyl groups is 2. The van der Waals surface area contributed by atoms with Gasteiger partial charge in [0.15, 0.2) is 6.86 Å². The van der Waals surface area contributed by atoms with Gasteiger partial charge in [-0.15, -0.1) is 15.4 Å². The van der Waals surface area contributed by atoms with Crippen molar-refractivity contribution in [3.05, 3.63) is 192 Å². The van der Waals surface area contributed by atoms with Crippen LogP contribution in [0.25, 0.3) is 0 Å². The lowest BCUT2D eigenvalue weighted by molar-refractivity contribution is -0.108. The summed E-state index contributed by atoms with van der Waals surface area (Å²) < 4.78 is 97.9. The largest absolute Gasteiger partial charge is 0.495 e. The van der Waals surface area contributed by atoms with Crippen molar-refractivity contribution in [2.75, 3.05) is 77.7 Å². The highest BCUT2D eigenvalue weighted by Crippen LogP contribution is 2.03. The van der Waals surface area contributed by atoms with Crippen LogP contribution in [0.1, 0.15) is 54.5 Å². The zero-order valence-electron chi connectivity index (χ0n) is 42.9. The molecule has 0 unspecified atom stereocenters. The molecule has 0 amide bonds. The lowest BCUT2D eigenvalue weighted by Gasteiger charge is -2.01. The number of benzene rings is 5. The molecule has 0 saturated heterocycles. The minimum Gasteiger partial charge on any atom is -0.441 e. The van der Waals surface area contributed by atoms with Crippen molar-refractivity contribution in [2.24, 2.45) is 0 Å². The Kier molecular flexibility index (Phi) is 67.4. The summed E-state index contributed by atoms with van der Waals surface area (Å²) in [7, 11) is 0. The topological polar surface area (TPSA) is 156 Å². The van der Waals surface area contributed by atoms with Gasteiger partial charge < -0.3 is 48.2 Å². The van der Waals surface area contributed by atoms with Crippen molar-refractivity contribution in [3.63, 3.8) is 0 Å². The molecule has 0 aliphatic rings. The minimum absolute atomic E-state index is 0.106.